The maximum atomic E-state index is 12.4. The number of benzene rings is 1. The molecule has 1 aromatic heterocycles. The van der Waals surface area contributed by atoms with Crippen LogP contribution in [0.5, 0.6) is 0 Å². The lowest BCUT2D eigenvalue weighted by Crippen LogP contribution is -2.08. The van der Waals surface area contributed by atoms with Gasteiger partial charge in [-0.15, -0.1) is 5.10 Å². The van der Waals surface area contributed by atoms with Gasteiger partial charge in [-0.25, -0.2) is 4.68 Å². The fourth-order valence-electron chi connectivity index (χ4n) is 1.56. The lowest BCUT2D eigenvalue weighted by atomic mass is 10.1. The summed E-state index contributed by atoms with van der Waals surface area (Å²) in [5.74, 6) is 0.701. The van der Waals surface area contributed by atoms with Gasteiger partial charge in [0.2, 0.25) is 0 Å². The first-order chi connectivity index (χ1) is 8.86. The second-order valence-corrected chi connectivity index (χ2v) is 4.36. The molecule has 0 aliphatic rings. The van der Waals surface area contributed by atoms with Gasteiger partial charge in [0, 0.05) is 14.1 Å². The monoisotopic (exact) mass is 270 g/mol. The fourth-order valence-corrected chi connectivity index (χ4v) is 1.56. The van der Waals surface area contributed by atoms with Crippen LogP contribution < -0.4 is 4.90 Å². The topological polar surface area (TPSA) is 34.0 Å². The van der Waals surface area contributed by atoms with Gasteiger partial charge in [-0.2, -0.15) is 13.2 Å². The number of halogens is 3. The maximum Gasteiger partial charge on any atom is 0.416 e. The van der Waals surface area contributed by atoms with Gasteiger partial charge >= 0.3 is 6.18 Å². The van der Waals surface area contributed by atoms with E-state index in [-0.39, 0.29) is 0 Å². The molecule has 0 radical (unpaired) electrons. The third-order valence-electron chi connectivity index (χ3n) is 2.61. The van der Waals surface area contributed by atoms with Crippen molar-refractivity contribution in [2.45, 2.75) is 12.7 Å². The predicted octanol–water partition coefficient (Wildman–Crippen LogP) is 2.41. The predicted molar refractivity (Wildman–Crippen MR) is 64.9 cm³/mol. The van der Waals surface area contributed by atoms with Crippen LogP contribution in [0.3, 0.4) is 0 Å². The number of aromatic nitrogens is 3. The van der Waals surface area contributed by atoms with Crippen molar-refractivity contribution in [3.63, 3.8) is 0 Å². The van der Waals surface area contributed by atoms with Crippen LogP contribution in [0.1, 0.15) is 11.1 Å². The molecule has 0 atom stereocenters. The summed E-state index contributed by atoms with van der Waals surface area (Å²) < 4.78 is 38.8. The summed E-state index contributed by atoms with van der Waals surface area (Å²) in [7, 11) is 3.68. The highest BCUT2D eigenvalue weighted by atomic mass is 19.4. The molecular weight excluding hydrogens is 257 g/mol. The van der Waals surface area contributed by atoms with E-state index in [1.165, 1.54) is 12.1 Å². The first kappa shape index (κ1) is 13.4. The molecule has 0 unspecified atom stereocenters. The zero-order chi connectivity index (χ0) is 14.0. The molecule has 19 heavy (non-hydrogen) atoms. The number of hydrogen-bond acceptors (Lipinski definition) is 3. The zero-order valence-corrected chi connectivity index (χ0v) is 10.5. The summed E-state index contributed by atoms with van der Waals surface area (Å²) in [5, 5.41) is 7.83. The van der Waals surface area contributed by atoms with E-state index >= 15 is 0 Å². The summed E-state index contributed by atoms with van der Waals surface area (Å²) in [6.07, 6.45) is -2.57. The quantitative estimate of drug-likeness (QED) is 0.859. The summed E-state index contributed by atoms with van der Waals surface area (Å²) in [6.45, 7) is 0.388. The maximum absolute atomic E-state index is 12.4. The smallest absolute Gasteiger partial charge is 0.360 e. The van der Waals surface area contributed by atoms with Crippen molar-refractivity contribution in [1.82, 2.24) is 15.0 Å². The number of hydrogen-bond donors (Lipinski definition) is 0. The average molecular weight is 270 g/mol. The second-order valence-electron chi connectivity index (χ2n) is 4.36. The Bertz CT molecular complexity index is 543. The summed E-state index contributed by atoms with van der Waals surface area (Å²) in [5.41, 5.74) is 0.0898. The Morgan fingerprint density at radius 2 is 1.79 bits per heavy atom. The minimum Gasteiger partial charge on any atom is -0.360 e. The number of alkyl halides is 3. The molecule has 0 saturated heterocycles. The largest absolute Gasteiger partial charge is 0.416 e. The number of rotatable bonds is 3. The molecule has 102 valence electrons. The van der Waals surface area contributed by atoms with Crippen molar-refractivity contribution in [2.75, 3.05) is 19.0 Å². The minimum absolute atomic E-state index is 0.388. The fraction of sp³-hybridized carbons (Fsp3) is 0.333. The van der Waals surface area contributed by atoms with E-state index in [2.05, 4.69) is 10.3 Å². The van der Waals surface area contributed by atoms with Crippen molar-refractivity contribution < 1.29 is 13.2 Å². The molecule has 7 heteroatoms. The average Bonchev–Trinajstić information content (AvgIpc) is 2.77. The Morgan fingerprint density at radius 3 is 2.26 bits per heavy atom. The van der Waals surface area contributed by atoms with Gasteiger partial charge in [0.25, 0.3) is 0 Å². The molecule has 0 bridgehead atoms. The summed E-state index contributed by atoms with van der Waals surface area (Å²) in [4.78, 5) is 1.80. The first-order valence-corrected chi connectivity index (χ1v) is 5.60. The van der Waals surface area contributed by atoms with Crippen LogP contribution in [-0.2, 0) is 12.7 Å². The van der Waals surface area contributed by atoms with Crippen molar-refractivity contribution in [3.8, 4) is 0 Å². The standard InChI is InChI=1S/C12H13F3N4/c1-18(2)11-8-19(17-16-11)7-9-3-5-10(6-4-9)12(13,14)15/h3-6,8H,7H2,1-2H3. The molecule has 0 aliphatic carbocycles. The van der Waals surface area contributed by atoms with Crippen LogP contribution in [0.2, 0.25) is 0 Å². The van der Waals surface area contributed by atoms with Crippen LogP contribution in [0.15, 0.2) is 30.5 Å². The van der Waals surface area contributed by atoms with E-state index in [0.717, 1.165) is 17.7 Å². The molecule has 0 saturated carbocycles. The molecule has 0 aliphatic heterocycles. The van der Waals surface area contributed by atoms with E-state index in [0.29, 0.717) is 12.4 Å². The van der Waals surface area contributed by atoms with E-state index in [1.807, 2.05) is 14.1 Å². The van der Waals surface area contributed by atoms with Gasteiger partial charge in [-0.1, -0.05) is 17.3 Å². The van der Waals surface area contributed by atoms with Gasteiger partial charge in [0.05, 0.1) is 18.3 Å². The van der Waals surface area contributed by atoms with Crippen molar-refractivity contribution >= 4 is 5.82 Å². The molecule has 4 nitrogen and oxygen atoms in total. The molecule has 2 aromatic rings. The molecular formula is C12H13F3N4. The highest BCUT2D eigenvalue weighted by Crippen LogP contribution is 2.29. The van der Waals surface area contributed by atoms with Crippen LogP contribution >= 0.6 is 0 Å². The van der Waals surface area contributed by atoms with Crippen LogP contribution in [0.4, 0.5) is 19.0 Å². The second kappa shape index (κ2) is 4.91. The van der Waals surface area contributed by atoms with Crippen LogP contribution in [0, 0.1) is 0 Å². The van der Waals surface area contributed by atoms with Gasteiger partial charge < -0.3 is 4.90 Å². The molecule has 0 N–H and O–H groups in total. The van der Waals surface area contributed by atoms with E-state index in [9.17, 15) is 13.2 Å². The SMILES string of the molecule is CN(C)c1cn(Cc2ccc(C(F)(F)F)cc2)nn1. The Hall–Kier alpha value is -2.05. The summed E-state index contributed by atoms with van der Waals surface area (Å²) in [6, 6.07) is 5.03. The Labute approximate surface area is 108 Å². The number of nitrogens with zero attached hydrogens (tertiary/aromatic N) is 4. The lowest BCUT2D eigenvalue weighted by Gasteiger charge is -2.07. The lowest BCUT2D eigenvalue weighted by molar-refractivity contribution is -0.137. The zero-order valence-electron chi connectivity index (χ0n) is 10.5. The number of anilines is 1. The molecule has 1 aromatic carbocycles. The first-order valence-electron chi connectivity index (χ1n) is 5.60. The highest BCUT2D eigenvalue weighted by Gasteiger charge is 2.29. The summed E-state index contributed by atoms with van der Waals surface area (Å²) >= 11 is 0. The van der Waals surface area contributed by atoms with E-state index in [4.69, 9.17) is 0 Å². The molecule has 2 rings (SSSR count). The van der Waals surface area contributed by atoms with Gasteiger partial charge in [0.1, 0.15) is 0 Å². The van der Waals surface area contributed by atoms with Crippen LogP contribution in [-0.4, -0.2) is 29.1 Å². The minimum atomic E-state index is -4.30. The Balaban J connectivity index is 2.11. The van der Waals surface area contributed by atoms with Crippen molar-refractivity contribution in [1.29, 1.82) is 0 Å². The van der Waals surface area contributed by atoms with Gasteiger partial charge in [0.15, 0.2) is 5.82 Å². The molecule has 0 fully saturated rings. The molecule has 0 amide bonds. The third-order valence-corrected chi connectivity index (χ3v) is 2.61. The Morgan fingerprint density at radius 1 is 1.16 bits per heavy atom. The molecule has 0 spiro atoms. The van der Waals surface area contributed by atoms with Gasteiger partial charge in [-0.3, -0.25) is 0 Å². The van der Waals surface area contributed by atoms with Crippen molar-refractivity contribution in [2.24, 2.45) is 0 Å². The third kappa shape index (κ3) is 3.24. The van der Waals surface area contributed by atoms with Crippen LogP contribution in [0.25, 0.3) is 0 Å². The highest BCUT2D eigenvalue weighted by molar-refractivity contribution is 5.32. The van der Waals surface area contributed by atoms with Gasteiger partial charge in [-0.05, 0) is 17.7 Å². The Kier molecular flexibility index (Phi) is 3.46. The van der Waals surface area contributed by atoms with E-state index in [1.54, 1.807) is 15.8 Å². The van der Waals surface area contributed by atoms with E-state index < -0.39 is 11.7 Å². The normalized spacial score (nSPS) is 11.6. The molecule has 1 heterocycles. The van der Waals surface area contributed by atoms with Crippen molar-refractivity contribution in [3.05, 3.63) is 41.6 Å².